The van der Waals surface area contributed by atoms with Crippen LogP contribution in [0.2, 0.25) is 0 Å². The largest absolute Gasteiger partial charge is 0.508 e. The molecule has 0 bridgehead atoms. The average molecular weight is 1110 g/mol. The molecular formula is C59H90N6O8S3. The first-order valence-electron chi connectivity index (χ1n) is 27.9. The van der Waals surface area contributed by atoms with Crippen molar-refractivity contribution in [2.75, 3.05) is 13.2 Å². The molecule has 17 heteroatoms. The molecule has 0 aliphatic rings. The fraction of sp³-hybridized carbons (Fsp3) is 0.576. The summed E-state index contributed by atoms with van der Waals surface area (Å²) in [5.74, 6) is 0.184. The van der Waals surface area contributed by atoms with Gasteiger partial charge < -0.3 is 35.7 Å². The molecule has 7 N–H and O–H groups in total. The van der Waals surface area contributed by atoms with E-state index in [9.17, 15) is 20.1 Å². The average Bonchev–Trinajstić information content (AvgIpc) is 4.23. The number of carbonyl (C=O) groups is 1. The maximum absolute atomic E-state index is 10.2. The molecule has 6 rings (SSSR count). The number of aliphatic hydroxyl groups is 3. The van der Waals surface area contributed by atoms with Gasteiger partial charge in [-0.15, -0.1) is 30.6 Å². The van der Waals surface area contributed by atoms with Crippen LogP contribution in [0.15, 0.2) is 72.8 Å². The maximum Gasteiger partial charge on any atom is 0.303 e. The summed E-state index contributed by atoms with van der Waals surface area (Å²) in [4.78, 5) is 10.2. The lowest BCUT2D eigenvalue weighted by Gasteiger charge is -1.99. The van der Waals surface area contributed by atoms with E-state index in [-0.39, 0.29) is 30.5 Å². The molecule has 0 aliphatic heterocycles. The van der Waals surface area contributed by atoms with Gasteiger partial charge in [-0.05, 0) is 98.5 Å². The number of carboxylic acid groups (broad SMARTS) is 1. The lowest BCUT2D eigenvalue weighted by molar-refractivity contribution is -0.137. The van der Waals surface area contributed by atoms with E-state index in [1.807, 2.05) is 36.4 Å². The summed E-state index contributed by atoms with van der Waals surface area (Å²) < 4.78 is 0. The van der Waals surface area contributed by atoms with Gasteiger partial charge in [0.05, 0.1) is 13.2 Å². The number of nitrogens with zero attached hydrogens (tertiary/aromatic N) is 6. The standard InChI is InChI=1S/3C15H20N2OS.C11H22O2.C3H8O3/c3*1-2-3-4-5-6-7-14-16-17-15(19-14)12-8-10-13(18)11-9-12;1-2-3-4-5-6-7-8-9-10-11(12)13;4-1-3(6)2-5/h3*8-11,18H,2-7H2,1H3;2-10H2,1H3,(H,12,13);3-6H,1-2H2. The van der Waals surface area contributed by atoms with Crippen molar-refractivity contribution in [3.8, 4) is 49.0 Å². The number of benzene rings is 3. The second-order valence-corrected chi connectivity index (χ2v) is 22.0. The zero-order chi connectivity index (χ0) is 55.4. The summed E-state index contributed by atoms with van der Waals surface area (Å²) >= 11 is 4.96. The minimum atomic E-state index is -0.954. The summed E-state index contributed by atoms with van der Waals surface area (Å²) in [5.41, 5.74) is 3.06. The Balaban J connectivity index is 0.000000337. The highest BCUT2D eigenvalue weighted by Gasteiger charge is 2.09. The number of aromatic nitrogens is 6. The molecule has 0 spiro atoms. The van der Waals surface area contributed by atoms with Gasteiger partial charge >= 0.3 is 5.97 Å². The number of aliphatic carboxylic acids is 1. The Hall–Kier alpha value is -4.91. The van der Waals surface area contributed by atoms with Gasteiger partial charge in [-0.2, -0.15) is 0 Å². The second-order valence-electron chi connectivity index (χ2n) is 18.8. The third-order valence-electron chi connectivity index (χ3n) is 11.9. The molecule has 0 radical (unpaired) electrons. The van der Waals surface area contributed by atoms with E-state index in [2.05, 4.69) is 58.3 Å². The summed E-state index contributed by atoms with van der Waals surface area (Å²) in [7, 11) is 0. The normalized spacial score (nSPS) is 10.6. The van der Waals surface area contributed by atoms with Gasteiger partial charge in [0.1, 0.15) is 53.4 Å². The van der Waals surface area contributed by atoms with Crippen LogP contribution in [0.4, 0.5) is 0 Å². The van der Waals surface area contributed by atoms with Gasteiger partial charge in [0.2, 0.25) is 0 Å². The molecule has 0 amide bonds. The Morgan fingerprint density at radius 1 is 0.395 bits per heavy atom. The predicted octanol–water partition coefficient (Wildman–Crippen LogP) is 15.2. The van der Waals surface area contributed by atoms with Crippen LogP contribution in [-0.2, 0) is 24.1 Å². The van der Waals surface area contributed by atoms with Crippen LogP contribution in [0.25, 0.3) is 31.7 Å². The number of carboxylic acids is 1. The summed E-state index contributed by atoms with van der Waals surface area (Å²) in [6.07, 6.45) is 31.4. The molecule has 0 unspecified atom stereocenters. The van der Waals surface area contributed by atoms with Crippen LogP contribution in [-0.4, -0.2) is 91.6 Å². The minimum absolute atomic E-state index is 0.282. The van der Waals surface area contributed by atoms with Crippen molar-refractivity contribution < 1.29 is 40.5 Å². The van der Waals surface area contributed by atoms with Crippen molar-refractivity contribution in [2.24, 2.45) is 0 Å². The van der Waals surface area contributed by atoms with Gasteiger partial charge in [0, 0.05) is 42.4 Å². The summed E-state index contributed by atoms with van der Waals surface area (Å²) in [6.45, 7) is 8.18. The van der Waals surface area contributed by atoms with Crippen LogP contribution in [0, 0.1) is 0 Å². The van der Waals surface area contributed by atoms with Gasteiger partial charge in [-0.3, -0.25) is 4.79 Å². The number of hydrogen-bond acceptors (Lipinski definition) is 16. The molecule has 0 atom stereocenters. The molecule has 3 aromatic heterocycles. The minimum Gasteiger partial charge on any atom is -0.508 e. The molecule has 14 nitrogen and oxygen atoms in total. The first-order chi connectivity index (χ1) is 37.0. The highest BCUT2D eigenvalue weighted by molar-refractivity contribution is 7.15. The lowest BCUT2D eigenvalue weighted by atomic mass is 10.1. The fourth-order valence-electron chi connectivity index (χ4n) is 7.33. The summed E-state index contributed by atoms with van der Waals surface area (Å²) in [6, 6.07) is 21.3. The Morgan fingerprint density at radius 3 is 0.882 bits per heavy atom. The van der Waals surface area contributed by atoms with Crippen LogP contribution in [0.3, 0.4) is 0 Å². The Morgan fingerprint density at radius 2 is 0.645 bits per heavy atom. The van der Waals surface area contributed by atoms with Crippen LogP contribution < -0.4 is 0 Å². The van der Waals surface area contributed by atoms with Gasteiger partial charge in [-0.1, -0.05) is 184 Å². The fourth-order valence-corrected chi connectivity index (χ4v) is 9.99. The lowest BCUT2D eigenvalue weighted by Crippen LogP contribution is -2.15. The monoisotopic (exact) mass is 1110 g/mol. The van der Waals surface area contributed by atoms with E-state index in [1.165, 1.54) is 135 Å². The second kappa shape index (κ2) is 44.1. The van der Waals surface area contributed by atoms with Crippen LogP contribution >= 0.6 is 34.0 Å². The van der Waals surface area contributed by atoms with Crippen molar-refractivity contribution in [3.63, 3.8) is 0 Å². The number of phenols is 3. The number of aromatic hydroxyl groups is 3. The van der Waals surface area contributed by atoms with Gasteiger partial charge in [-0.25, -0.2) is 0 Å². The maximum atomic E-state index is 10.2. The highest BCUT2D eigenvalue weighted by atomic mass is 32.1. The smallest absolute Gasteiger partial charge is 0.303 e. The van der Waals surface area contributed by atoms with Crippen molar-refractivity contribution in [1.29, 1.82) is 0 Å². The van der Waals surface area contributed by atoms with Crippen LogP contribution in [0.1, 0.15) is 197 Å². The van der Waals surface area contributed by atoms with Crippen LogP contribution in [0.5, 0.6) is 17.2 Å². The molecule has 76 heavy (non-hydrogen) atoms. The van der Waals surface area contributed by atoms with E-state index in [0.29, 0.717) is 6.42 Å². The van der Waals surface area contributed by atoms with Crippen molar-refractivity contribution in [3.05, 3.63) is 87.8 Å². The number of phenolic OH excluding ortho intramolecular Hbond substituents is 3. The third kappa shape index (κ3) is 32.6. The van der Waals surface area contributed by atoms with Crippen molar-refractivity contribution in [2.45, 2.75) is 207 Å². The quantitative estimate of drug-likeness (QED) is 0.0195. The molecule has 6 aromatic rings. The van der Waals surface area contributed by atoms with Gasteiger partial charge in [0.15, 0.2) is 0 Å². The first kappa shape index (κ1) is 67.2. The van der Waals surface area contributed by atoms with E-state index in [4.69, 9.17) is 20.4 Å². The SMILES string of the molecule is CCCCCCCCCCC(=O)O.CCCCCCCc1nnc(-c2ccc(O)cc2)s1.CCCCCCCc1nnc(-c2ccc(O)cc2)s1.CCCCCCCc1nnc(-c2ccc(O)cc2)s1.OCC(O)CO. The molecule has 3 aromatic carbocycles. The predicted molar refractivity (Wildman–Crippen MR) is 313 cm³/mol. The zero-order valence-electron chi connectivity index (χ0n) is 46.0. The van der Waals surface area contributed by atoms with E-state index in [1.54, 1.807) is 70.4 Å². The molecule has 0 saturated heterocycles. The number of aliphatic hydroxyl groups excluding tert-OH is 3. The highest BCUT2D eigenvalue weighted by Crippen LogP contribution is 2.29. The van der Waals surface area contributed by atoms with E-state index in [0.717, 1.165) is 78.8 Å². The topological polar surface area (TPSA) is 236 Å². The number of aryl methyl sites for hydroxylation is 3. The zero-order valence-corrected chi connectivity index (χ0v) is 48.4. The Labute approximate surface area is 465 Å². The molecule has 0 aliphatic carbocycles. The number of hydrogen-bond donors (Lipinski definition) is 7. The molecule has 0 saturated carbocycles. The molecule has 3 heterocycles. The van der Waals surface area contributed by atoms with E-state index < -0.39 is 12.1 Å². The molecule has 0 fully saturated rings. The Kier molecular flexibility index (Phi) is 39.0. The first-order valence-corrected chi connectivity index (χ1v) is 30.4. The molecule has 422 valence electrons. The number of unbranched alkanes of at least 4 members (excludes halogenated alkanes) is 19. The van der Waals surface area contributed by atoms with Crippen molar-refractivity contribution >= 4 is 40.0 Å². The Bertz CT molecular complexity index is 2060. The third-order valence-corrected chi connectivity index (χ3v) is 15.0. The number of rotatable bonds is 32. The summed E-state index contributed by atoms with van der Waals surface area (Å²) in [5, 5.41) is 91.7. The van der Waals surface area contributed by atoms with Crippen molar-refractivity contribution in [1.82, 2.24) is 30.6 Å². The van der Waals surface area contributed by atoms with E-state index >= 15 is 0 Å². The molecular weight excluding hydrogens is 1020 g/mol. The van der Waals surface area contributed by atoms with Gasteiger partial charge in [0.25, 0.3) is 0 Å².